The highest BCUT2D eigenvalue weighted by Gasteiger charge is 2.86. The van der Waals surface area contributed by atoms with Gasteiger partial charge in [0.2, 0.25) is 0 Å². The van der Waals surface area contributed by atoms with Gasteiger partial charge in [-0.1, -0.05) is 25.1 Å². The summed E-state index contributed by atoms with van der Waals surface area (Å²) >= 11 is 0. The van der Waals surface area contributed by atoms with Crippen LogP contribution in [-0.2, 0) is 14.9 Å². The molecule has 0 amide bonds. The fourth-order valence-corrected chi connectivity index (χ4v) is 8.44. The number of methoxy groups -OCH3 is 1. The van der Waals surface area contributed by atoms with E-state index in [1.54, 1.807) is 7.11 Å². The molecule has 2 saturated carbocycles. The lowest BCUT2D eigenvalue weighted by atomic mass is 9.56. The van der Waals surface area contributed by atoms with E-state index in [9.17, 15) is 4.79 Å². The van der Waals surface area contributed by atoms with Crippen LogP contribution in [0.4, 0.5) is 5.69 Å². The molecule has 1 N–H and O–H groups in total. The fraction of sp³-hybridized carbons (Fsp3) is 0.667. The van der Waals surface area contributed by atoms with Crippen LogP contribution >= 0.6 is 0 Å². The number of rotatable bonds is 1. The molecule has 25 heavy (non-hydrogen) atoms. The molecule has 3 aliphatic heterocycles. The number of hydrogen-bond donors (Lipinski definition) is 1. The van der Waals surface area contributed by atoms with Gasteiger partial charge in [0.25, 0.3) is 0 Å². The van der Waals surface area contributed by atoms with Gasteiger partial charge in [-0.3, -0.25) is 9.69 Å². The number of carbonyl (C=O) groups is 1. The van der Waals surface area contributed by atoms with Crippen molar-refractivity contribution in [2.24, 2.45) is 17.3 Å². The van der Waals surface area contributed by atoms with Gasteiger partial charge in [0.1, 0.15) is 0 Å². The molecule has 0 radical (unpaired) electrons. The van der Waals surface area contributed by atoms with Crippen LogP contribution in [0.1, 0.15) is 38.2 Å². The summed E-state index contributed by atoms with van der Waals surface area (Å²) in [5.41, 5.74) is 2.88. The smallest absolute Gasteiger partial charge is 0.311 e. The lowest BCUT2D eigenvalue weighted by Gasteiger charge is -2.52. The quantitative estimate of drug-likeness (QED) is 0.800. The zero-order valence-electron chi connectivity index (χ0n) is 15.0. The van der Waals surface area contributed by atoms with Crippen LogP contribution in [0.25, 0.3) is 0 Å². The van der Waals surface area contributed by atoms with Crippen molar-refractivity contribution in [3.05, 3.63) is 29.8 Å². The second-order valence-electron chi connectivity index (χ2n) is 9.04. The van der Waals surface area contributed by atoms with E-state index in [0.29, 0.717) is 12.0 Å². The van der Waals surface area contributed by atoms with E-state index in [4.69, 9.17) is 4.74 Å². The number of fused-ring (bicyclic) bond motifs is 1. The minimum absolute atomic E-state index is 0.00844. The molecule has 2 aliphatic carbocycles. The SMILES string of the molecule is COC(=O)[C@H]1C[C@]23CCCN4CC[C@]5(c6ccccc6N[C@@]15[C@H]2C)[C@H]43. The highest BCUT2D eigenvalue weighted by atomic mass is 16.5. The molecular formula is C21H26N2O2. The summed E-state index contributed by atoms with van der Waals surface area (Å²) in [6, 6.07) is 9.42. The van der Waals surface area contributed by atoms with Crippen LogP contribution in [0, 0.1) is 17.3 Å². The van der Waals surface area contributed by atoms with Gasteiger partial charge in [-0.25, -0.2) is 0 Å². The molecule has 2 saturated heterocycles. The molecule has 2 bridgehead atoms. The van der Waals surface area contributed by atoms with Crippen LogP contribution in [0.15, 0.2) is 24.3 Å². The van der Waals surface area contributed by atoms with E-state index < -0.39 is 0 Å². The Hall–Kier alpha value is -1.55. The van der Waals surface area contributed by atoms with Crippen molar-refractivity contribution in [3.8, 4) is 0 Å². The Bertz CT molecular complexity index is 794. The van der Waals surface area contributed by atoms with Crippen molar-refractivity contribution < 1.29 is 9.53 Å². The molecule has 5 aliphatic rings. The number of anilines is 1. The highest BCUT2D eigenvalue weighted by Crippen LogP contribution is 2.79. The van der Waals surface area contributed by atoms with Gasteiger partial charge in [-0.15, -0.1) is 0 Å². The number of nitrogens with one attached hydrogen (secondary N) is 1. The standard InChI is InChI=1S/C21H26N2O2/c1-13-19-8-5-10-23-11-9-20(18(19)23)14-6-3-4-7-16(14)22-21(13,20)15(12-19)17(24)25-2/h3-4,6-7,13,15,18,22H,5,8-12H2,1-2H3/t13-,15+,18+,19+,20-,21-/m0/s1. The van der Waals surface area contributed by atoms with Gasteiger partial charge < -0.3 is 10.1 Å². The molecule has 0 unspecified atom stereocenters. The van der Waals surface area contributed by atoms with Crippen molar-refractivity contribution in [1.29, 1.82) is 0 Å². The van der Waals surface area contributed by atoms with Gasteiger partial charge in [-0.05, 0) is 61.7 Å². The first kappa shape index (κ1) is 14.6. The van der Waals surface area contributed by atoms with Gasteiger partial charge in [0.05, 0.1) is 18.6 Å². The number of ether oxygens (including phenoxy) is 1. The predicted octanol–water partition coefficient (Wildman–Crippen LogP) is 2.79. The van der Waals surface area contributed by atoms with Crippen molar-refractivity contribution in [3.63, 3.8) is 0 Å². The number of esters is 1. The summed E-state index contributed by atoms with van der Waals surface area (Å²) in [5.74, 6) is 0.449. The number of carbonyl (C=O) groups excluding carboxylic acids is 1. The van der Waals surface area contributed by atoms with Gasteiger partial charge in [0.15, 0.2) is 0 Å². The van der Waals surface area contributed by atoms with Crippen molar-refractivity contribution >= 4 is 11.7 Å². The van der Waals surface area contributed by atoms with E-state index in [2.05, 4.69) is 41.4 Å². The molecule has 1 aromatic carbocycles. The first-order chi connectivity index (χ1) is 12.1. The maximum Gasteiger partial charge on any atom is 0.311 e. The molecule has 132 valence electrons. The number of piperidine rings is 1. The zero-order chi connectivity index (χ0) is 17.0. The van der Waals surface area contributed by atoms with Crippen LogP contribution in [-0.4, -0.2) is 42.6 Å². The third-order valence-corrected chi connectivity index (χ3v) is 8.91. The lowest BCUT2D eigenvalue weighted by molar-refractivity contribution is -0.150. The fourth-order valence-electron chi connectivity index (χ4n) is 8.44. The summed E-state index contributed by atoms with van der Waals surface area (Å²) in [4.78, 5) is 15.7. The molecule has 6 atom stereocenters. The largest absolute Gasteiger partial charge is 0.469 e. The second-order valence-corrected chi connectivity index (χ2v) is 9.04. The number of benzene rings is 1. The zero-order valence-corrected chi connectivity index (χ0v) is 15.0. The number of hydrogen-bond acceptors (Lipinski definition) is 4. The molecule has 4 nitrogen and oxygen atoms in total. The van der Waals surface area contributed by atoms with Gasteiger partial charge in [-0.2, -0.15) is 0 Å². The average Bonchev–Trinajstić information content (AvgIpc) is 3.29. The monoisotopic (exact) mass is 338 g/mol. The summed E-state index contributed by atoms with van der Waals surface area (Å²) in [6.45, 7) is 4.82. The Morgan fingerprint density at radius 1 is 1.28 bits per heavy atom. The van der Waals surface area contributed by atoms with Crippen LogP contribution < -0.4 is 5.32 Å². The normalized spacial score (nSPS) is 48.6. The Morgan fingerprint density at radius 2 is 2.12 bits per heavy atom. The molecule has 4 heteroatoms. The number of nitrogens with zero attached hydrogens (tertiary/aromatic N) is 1. The first-order valence-electron chi connectivity index (χ1n) is 9.81. The van der Waals surface area contributed by atoms with E-state index in [1.165, 1.54) is 43.6 Å². The van der Waals surface area contributed by atoms with Crippen molar-refractivity contribution in [1.82, 2.24) is 4.90 Å². The minimum Gasteiger partial charge on any atom is -0.469 e. The molecule has 1 aromatic rings. The van der Waals surface area contributed by atoms with Crippen LogP contribution in [0.2, 0.25) is 0 Å². The lowest BCUT2D eigenvalue weighted by Crippen LogP contribution is -2.63. The van der Waals surface area contributed by atoms with Crippen LogP contribution in [0.3, 0.4) is 0 Å². The highest BCUT2D eigenvalue weighted by molar-refractivity contribution is 5.82. The Labute approximate surface area is 148 Å². The van der Waals surface area contributed by atoms with E-state index in [0.717, 1.165) is 6.42 Å². The number of para-hydroxylation sites is 1. The summed E-state index contributed by atoms with van der Waals surface area (Å²) in [7, 11) is 1.56. The first-order valence-corrected chi connectivity index (χ1v) is 9.81. The molecule has 3 spiro atoms. The Kier molecular flexibility index (Phi) is 2.47. The predicted molar refractivity (Wildman–Crippen MR) is 95.4 cm³/mol. The third-order valence-electron chi connectivity index (χ3n) is 8.91. The topological polar surface area (TPSA) is 41.6 Å². The molecule has 6 rings (SSSR count). The average molecular weight is 338 g/mol. The van der Waals surface area contributed by atoms with E-state index >= 15 is 0 Å². The summed E-state index contributed by atoms with van der Waals surface area (Å²) < 4.78 is 5.32. The molecule has 0 aromatic heterocycles. The second kappa shape index (κ2) is 4.22. The molecule has 4 fully saturated rings. The van der Waals surface area contributed by atoms with Crippen LogP contribution in [0.5, 0.6) is 0 Å². The third kappa shape index (κ3) is 1.23. The summed E-state index contributed by atoms with van der Waals surface area (Å²) in [6.07, 6.45) is 4.69. The maximum atomic E-state index is 12.9. The Morgan fingerprint density at radius 3 is 2.96 bits per heavy atom. The molecular weight excluding hydrogens is 312 g/mol. The Balaban J connectivity index is 1.67. The van der Waals surface area contributed by atoms with Gasteiger partial charge >= 0.3 is 5.97 Å². The maximum absolute atomic E-state index is 12.9. The molecule has 3 heterocycles. The van der Waals surface area contributed by atoms with E-state index in [1.807, 2.05) is 0 Å². The van der Waals surface area contributed by atoms with E-state index in [-0.39, 0.29) is 28.3 Å². The van der Waals surface area contributed by atoms with Crippen molar-refractivity contribution in [2.45, 2.75) is 49.6 Å². The summed E-state index contributed by atoms with van der Waals surface area (Å²) in [5, 5.41) is 3.96. The van der Waals surface area contributed by atoms with Gasteiger partial charge in [0, 0.05) is 17.1 Å². The minimum atomic E-state index is -0.173. The van der Waals surface area contributed by atoms with Crippen molar-refractivity contribution in [2.75, 3.05) is 25.5 Å².